The number of hydrogen-bond donors (Lipinski definition) is 2. The summed E-state index contributed by atoms with van der Waals surface area (Å²) in [4.78, 5) is 26.0. The molecule has 0 aromatic heterocycles. The zero-order chi connectivity index (χ0) is 15.5. The zero-order valence-electron chi connectivity index (χ0n) is 12.2. The fourth-order valence-electron chi connectivity index (χ4n) is 2.69. The molecule has 2 rings (SSSR count). The van der Waals surface area contributed by atoms with Gasteiger partial charge in [0.1, 0.15) is 6.04 Å². The molecule has 5 nitrogen and oxygen atoms in total. The van der Waals surface area contributed by atoms with E-state index in [1.54, 1.807) is 0 Å². The van der Waals surface area contributed by atoms with E-state index >= 15 is 0 Å². The van der Waals surface area contributed by atoms with Crippen LogP contribution in [0.2, 0.25) is 0 Å². The fourth-order valence-corrected chi connectivity index (χ4v) is 3.85. The van der Waals surface area contributed by atoms with Crippen LogP contribution in [0, 0.1) is 5.92 Å². The number of amides is 2. The molecule has 0 spiro atoms. The normalized spacial score (nSPS) is 22.5. The summed E-state index contributed by atoms with van der Waals surface area (Å²) in [5, 5.41) is 2.22. The summed E-state index contributed by atoms with van der Waals surface area (Å²) in [5.74, 6) is -2.73. The van der Waals surface area contributed by atoms with Crippen molar-refractivity contribution in [1.82, 2.24) is 10.2 Å². The molecule has 1 aliphatic heterocycles. The largest absolute Gasteiger partial charge is 0.348 e. The highest BCUT2D eigenvalue weighted by molar-refractivity contribution is 7.99. The van der Waals surface area contributed by atoms with Gasteiger partial charge in [-0.3, -0.25) is 9.59 Å². The summed E-state index contributed by atoms with van der Waals surface area (Å²) < 4.78 is 26.2. The number of nitrogens with one attached hydrogen (secondary N) is 1. The van der Waals surface area contributed by atoms with Gasteiger partial charge in [0.25, 0.3) is 5.92 Å². The third-order valence-electron chi connectivity index (χ3n) is 3.99. The van der Waals surface area contributed by atoms with E-state index in [-0.39, 0.29) is 24.2 Å². The summed E-state index contributed by atoms with van der Waals surface area (Å²) in [6.07, 6.45) is 3.80. The molecule has 0 bridgehead atoms. The number of hydrogen-bond acceptors (Lipinski definition) is 4. The molecule has 1 unspecified atom stereocenters. The number of carbonyl (C=O) groups excluding carboxylic acids is 2. The third kappa shape index (κ3) is 4.70. The Morgan fingerprint density at radius 2 is 1.95 bits per heavy atom. The van der Waals surface area contributed by atoms with Gasteiger partial charge >= 0.3 is 0 Å². The van der Waals surface area contributed by atoms with E-state index in [0.717, 1.165) is 25.7 Å². The molecule has 9 heteroatoms. The number of nitrogens with zero attached hydrogens (tertiary/aromatic N) is 1. The molecule has 0 radical (unpaired) electrons. The number of carbonyl (C=O) groups is 2. The second-order valence-electron chi connectivity index (χ2n) is 5.58. The van der Waals surface area contributed by atoms with Crippen LogP contribution in [0.4, 0.5) is 8.78 Å². The van der Waals surface area contributed by atoms with Crippen LogP contribution in [-0.4, -0.2) is 53.4 Å². The SMILES string of the molecule is Cl.NCC(F)(F)CNC(=O)C1CSCN1C(=O)C1CCCC1. The maximum Gasteiger partial charge on any atom is 0.277 e. The van der Waals surface area contributed by atoms with E-state index in [1.165, 1.54) is 16.7 Å². The highest BCUT2D eigenvalue weighted by atomic mass is 35.5. The highest BCUT2D eigenvalue weighted by Gasteiger charge is 2.39. The molecule has 2 amide bonds. The lowest BCUT2D eigenvalue weighted by atomic mass is 10.1. The van der Waals surface area contributed by atoms with Gasteiger partial charge in [-0.05, 0) is 12.8 Å². The van der Waals surface area contributed by atoms with Crippen molar-refractivity contribution in [1.29, 1.82) is 0 Å². The van der Waals surface area contributed by atoms with Gasteiger partial charge in [0.2, 0.25) is 11.8 Å². The predicted molar refractivity (Wildman–Crippen MR) is 84.2 cm³/mol. The smallest absolute Gasteiger partial charge is 0.277 e. The second-order valence-corrected chi connectivity index (χ2v) is 6.58. The zero-order valence-corrected chi connectivity index (χ0v) is 13.9. The lowest BCUT2D eigenvalue weighted by molar-refractivity contribution is -0.141. The molecule has 1 aliphatic carbocycles. The molecular weight excluding hydrogens is 336 g/mol. The van der Waals surface area contributed by atoms with E-state index in [1.807, 2.05) is 0 Å². The van der Waals surface area contributed by atoms with Gasteiger partial charge in [-0.25, -0.2) is 8.78 Å². The van der Waals surface area contributed by atoms with Crippen molar-refractivity contribution in [2.45, 2.75) is 37.6 Å². The summed E-state index contributed by atoms with van der Waals surface area (Å²) >= 11 is 1.48. The molecule has 0 aromatic rings. The van der Waals surface area contributed by atoms with Crippen LogP contribution >= 0.6 is 24.2 Å². The summed E-state index contributed by atoms with van der Waals surface area (Å²) in [7, 11) is 0. The molecule has 1 saturated heterocycles. The highest BCUT2D eigenvalue weighted by Crippen LogP contribution is 2.30. The van der Waals surface area contributed by atoms with Crippen LogP contribution in [0.15, 0.2) is 0 Å². The fraction of sp³-hybridized carbons (Fsp3) is 0.846. The Hall–Kier alpha value is -0.600. The molecule has 128 valence electrons. The van der Waals surface area contributed by atoms with Crippen LogP contribution in [-0.2, 0) is 9.59 Å². The Morgan fingerprint density at radius 3 is 2.55 bits per heavy atom. The Labute approximate surface area is 139 Å². The Morgan fingerprint density at radius 1 is 1.32 bits per heavy atom. The van der Waals surface area contributed by atoms with Gasteiger partial charge in [-0.2, -0.15) is 0 Å². The van der Waals surface area contributed by atoms with Crippen molar-refractivity contribution in [2.24, 2.45) is 11.7 Å². The van der Waals surface area contributed by atoms with Gasteiger partial charge in [0.05, 0.1) is 19.0 Å². The van der Waals surface area contributed by atoms with Gasteiger partial charge in [0.15, 0.2) is 0 Å². The molecule has 0 aromatic carbocycles. The van der Waals surface area contributed by atoms with Crippen molar-refractivity contribution in [3.8, 4) is 0 Å². The van der Waals surface area contributed by atoms with E-state index in [2.05, 4.69) is 5.32 Å². The minimum atomic E-state index is -3.11. The van der Waals surface area contributed by atoms with Crippen LogP contribution < -0.4 is 11.1 Å². The third-order valence-corrected chi connectivity index (χ3v) is 5.00. The second kappa shape index (κ2) is 8.31. The number of nitrogens with two attached hydrogens (primary N) is 1. The number of thioether (sulfide) groups is 1. The maximum absolute atomic E-state index is 13.1. The molecule has 3 N–H and O–H groups in total. The minimum Gasteiger partial charge on any atom is -0.348 e. The molecule has 22 heavy (non-hydrogen) atoms. The number of halogens is 3. The molecule has 1 heterocycles. The molecular formula is C13H22ClF2N3O2S. The van der Waals surface area contributed by atoms with Crippen molar-refractivity contribution >= 4 is 36.0 Å². The average Bonchev–Trinajstić information content (AvgIpc) is 3.14. The van der Waals surface area contributed by atoms with E-state index < -0.39 is 31.0 Å². The van der Waals surface area contributed by atoms with E-state index in [9.17, 15) is 18.4 Å². The first-order chi connectivity index (χ1) is 9.94. The first-order valence-corrected chi connectivity index (χ1v) is 8.34. The van der Waals surface area contributed by atoms with E-state index in [0.29, 0.717) is 11.6 Å². The lowest BCUT2D eigenvalue weighted by Gasteiger charge is -2.26. The molecule has 1 saturated carbocycles. The Bertz CT molecular complexity index is 409. The lowest BCUT2D eigenvalue weighted by Crippen LogP contribution is -2.51. The van der Waals surface area contributed by atoms with Gasteiger partial charge < -0.3 is 16.0 Å². The van der Waals surface area contributed by atoms with Gasteiger partial charge in [-0.1, -0.05) is 12.8 Å². The number of alkyl halides is 2. The van der Waals surface area contributed by atoms with Gasteiger partial charge in [0, 0.05) is 11.7 Å². The topological polar surface area (TPSA) is 75.4 Å². The Balaban J connectivity index is 0.00000242. The summed E-state index contributed by atoms with van der Waals surface area (Å²) in [5.41, 5.74) is 4.93. The Kier molecular flexibility index (Phi) is 7.34. The summed E-state index contributed by atoms with van der Waals surface area (Å²) in [6, 6.07) is -0.642. The van der Waals surface area contributed by atoms with Crippen molar-refractivity contribution < 1.29 is 18.4 Å². The molecule has 2 fully saturated rings. The van der Waals surface area contributed by atoms with Crippen molar-refractivity contribution in [3.05, 3.63) is 0 Å². The van der Waals surface area contributed by atoms with Crippen LogP contribution in [0.25, 0.3) is 0 Å². The predicted octanol–water partition coefficient (Wildman–Crippen LogP) is 1.21. The average molecular weight is 358 g/mol. The number of rotatable bonds is 5. The summed E-state index contributed by atoms with van der Waals surface area (Å²) in [6.45, 7) is -1.59. The van der Waals surface area contributed by atoms with E-state index in [4.69, 9.17) is 5.73 Å². The van der Waals surface area contributed by atoms with Crippen molar-refractivity contribution in [2.75, 3.05) is 24.7 Å². The van der Waals surface area contributed by atoms with Crippen LogP contribution in [0.5, 0.6) is 0 Å². The minimum absolute atomic E-state index is 0. The van der Waals surface area contributed by atoms with Crippen LogP contribution in [0.1, 0.15) is 25.7 Å². The molecule has 2 aliphatic rings. The first kappa shape index (κ1) is 19.4. The van der Waals surface area contributed by atoms with Crippen LogP contribution in [0.3, 0.4) is 0 Å². The monoisotopic (exact) mass is 357 g/mol. The van der Waals surface area contributed by atoms with Gasteiger partial charge in [-0.15, -0.1) is 24.2 Å². The molecule has 1 atom stereocenters. The maximum atomic E-state index is 13.1. The first-order valence-electron chi connectivity index (χ1n) is 7.18. The quantitative estimate of drug-likeness (QED) is 0.775. The standard InChI is InChI=1S/C13H21F2N3O2S.ClH/c14-13(15,6-16)7-17-11(19)10-5-21-8-18(10)12(20)9-3-1-2-4-9;/h9-10H,1-8,16H2,(H,17,19);1H. The van der Waals surface area contributed by atoms with Crippen molar-refractivity contribution in [3.63, 3.8) is 0 Å².